The molecule has 88 valence electrons. The highest BCUT2D eigenvalue weighted by molar-refractivity contribution is 14.1. The summed E-state index contributed by atoms with van der Waals surface area (Å²) in [6, 6.07) is 2.51. The average molecular weight is 358 g/mol. The van der Waals surface area contributed by atoms with Gasteiger partial charge >= 0.3 is 6.09 Å². The van der Waals surface area contributed by atoms with E-state index in [-0.39, 0.29) is 0 Å². The van der Waals surface area contributed by atoms with Crippen LogP contribution < -0.4 is 5.32 Å². The largest absolute Gasteiger partial charge is 0.465 e. The standard InChI is InChI=1S/C10H10ClFINO2/c1-2-7(14-10(15)16)5-3-4-6(11)9(13)8(5)12/h3-4,7,14H,2H2,1H3,(H,15,16)/t7-/m1/s1. The Morgan fingerprint density at radius 1 is 1.69 bits per heavy atom. The van der Waals surface area contributed by atoms with E-state index in [1.807, 2.05) is 0 Å². The third-order valence-electron chi connectivity index (χ3n) is 2.15. The molecule has 6 heteroatoms. The summed E-state index contributed by atoms with van der Waals surface area (Å²) in [5.74, 6) is -0.464. The number of rotatable bonds is 3. The fourth-order valence-corrected chi connectivity index (χ4v) is 2.00. The van der Waals surface area contributed by atoms with Gasteiger partial charge in [0.05, 0.1) is 14.6 Å². The van der Waals surface area contributed by atoms with E-state index in [0.717, 1.165) is 0 Å². The van der Waals surface area contributed by atoms with Crippen LogP contribution in [0.5, 0.6) is 0 Å². The third-order valence-corrected chi connectivity index (χ3v) is 3.83. The molecule has 0 bridgehead atoms. The van der Waals surface area contributed by atoms with Gasteiger partial charge in [0, 0.05) is 5.56 Å². The van der Waals surface area contributed by atoms with Crippen LogP contribution in [-0.2, 0) is 0 Å². The van der Waals surface area contributed by atoms with E-state index in [9.17, 15) is 9.18 Å². The molecule has 1 rings (SSSR count). The predicted molar refractivity (Wildman–Crippen MR) is 68.3 cm³/mol. The van der Waals surface area contributed by atoms with E-state index < -0.39 is 18.0 Å². The zero-order chi connectivity index (χ0) is 12.3. The Bertz CT molecular complexity index is 414. The molecule has 0 saturated heterocycles. The second-order valence-corrected chi connectivity index (χ2v) is 4.66. The molecule has 16 heavy (non-hydrogen) atoms. The minimum absolute atomic E-state index is 0.308. The maximum atomic E-state index is 13.8. The maximum Gasteiger partial charge on any atom is 0.405 e. The number of benzene rings is 1. The first kappa shape index (κ1) is 13.5. The summed E-state index contributed by atoms with van der Waals surface area (Å²) in [6.45, 7) is 1.78. The van der Waals surface area contributed by atoms with Crippen molar-refractivity contribution in [3.63, 3.8) is 0 Å². The smallest absolute Gasteiger partial charge is 0.405 e. The molecule has 1 aromatic carbocycles. The minimum Gasteiger partial charge on any atom is -0.465 e. The highest BCUT2D eigenvalue weighted by Gasteiger charge is 2.18. The summed E-state index contributed by atoms with van der Waals surface area (Å²) in [5, 5.41) is 11.2. The molecule has 0 saturated carbocycles. The van der Waals surface area contributed by atoms with Gasteiger partial charge in [0.15, 0.2) is 0 Å². The number of halogens is 3. The number of nitrogens with one attached hydrogen (secondary N) is 1. The van der Waals surface area contributed by atoms with Crippen LogP contribution in [0.2, 0.25) is 5.02 Å². The zero-order valence-corrected chi connectivity index (χ0v) is 11.3. The number of carboxylic acid groups (broad SMARTS) is 1. The molecule has 0 aromatic heterocycles. The van der Waals surface area contributed by atoms with Crippen LogP contribution in [0.1, 0.15) is 24.9 Å². The van der Waals surface area contributed by atoms with E-state index in [0.29, 0.717) is 20.6 Å². The summed E-state index contributed by atoms with van der Waals surface area (Å²) in [6.07, 6.45) is -0.697. The lowest BCUT2D eigenvalue weighted by Crippen LogP contribution is -2.27. The molecule has 0 unspecified atom stereocenters. The van der Waals surface area contributed by atoms with Gasteiger partial charge in [-0.05, 0) is 35.1 Å². The van der Waals surface area contributed by atoms with Crippen LogP contribution in [0.15, 0.2) is 12.1 Å². The highest BCUT2D eigenvalue weighted by Crippen LogP contribution is 2.28. The molecule has 3 nitrogen and oxygen atoms in total. The van der Waals surface area contributed by atoms with E-state index in [2.05, 4.69) is 5.32 Å². The summed E-state index contributed by atoms with van der Waals surface area (Å²) >= 11 is 7.55. The third kappa shape index (κ3) is 2.98. The number of amides is 1. The monoisotopic (exact) mass is 357 g/mol. The van der Waals surface area contributed by atoms with E-state index in [4.69, 9.17) is 16.7 Å². The Morgan fingerprint density at radius 3 is 2.81 bits per heavy atom. The molecule has 1 amide bonds. The second kappa shape index (κ2) is 5.67. The Kier molecular flexibility index (Phi) is 4.79. The first-order valence-electron chi connectivity index (χ1n) is 4.60. The second-order valence-electron chi connectivity index (χ2n) is 3.17. The minimum atomic E-state index is -1.17. The van der Waals surface area contributed by atoms with Gasteiger partial charge in [0.25, 0.3) is 0 Å². The lowest BCUT2D eigenvalue weighted by molar-refractivity contribution is 0.189. The number of hydrogen-bond acceptors (Lipinski definition) is 1. The highest BCUT2D eigenvalue weighted by atomic mass is 127. The Balaban J connectivity index is 3.11. The lowest BCUT2D eigenvalue weighted by Gasteiger charge is -2.16. The van der Waals surface area contributed by atoms with Gasteiger partial charge in [-0.3, -0.25) is 0 Å². The van der Waals surface area contributed by atoms with Gasteiger partial charge in [-0.1, -0.05) is 24.6 Å². The van der Waals surface area contributed by atoms with Gasteiger partial charge < -0.3 is 10.4 Å². The zero-order valence-electron chi connectivity index (χ0n) is 8.43. The van der Waals surface area contributed by atoms with Crippen LogP contribution in [0.4, 0.5) is 9.18 Å². The fraction of sp³-hybridized carbons (Fsp3) is 0.300. The molecule has 0 aliphatic heterocycles. The fourth-order valence-electron chi connectivity index (χ4n) is 1.36. The summed E-state index contributed by atoms with van der Waals surface area (Å²) in [5.41, 5.74) is 0.318. The molecule has 0 aliphatic rings. The van der Waals surface area contributed by atoms with Crippen LogP contribution >= 0.6 is 34.2 Å². The SMILES string of the molecule is CC[C@@H](NC(=O)O)c1ccc(Cl)c(I)c1F. The van der Waals surface area contributed by atoms with Crippen molar-refractivity contribution in [2.45, 2.75) is 19.4 Å². The first-order valence-corrected chi connectivity index (χ1v) is 6.05. The van der Waals surface area contributed by atoms with Crippen molar-refractivity contribution in [1.82, 2.24) is 5.32 Å². The quantitative estimate of drug-likeness (QED) is 0.638. The maximum absolute atomic E-state index is 13.8. The van der Waals surface area contributed by atoms with Crippen molar-refractivity contribution in [2.75, 3.05) is 0 Å². The van der Waals surface area contributed by atoms with Crippen molar-refractivity contribution in [3.05, 3.63) is 32.1 Å². The van der Waals surface area contributed by atoms with Gasteiger partial charge in [0.1, 0.15) is 5.82 Å². The molecular formula is C10H10ClFINO2. The molecule has 0 spiro atoms. The summed E-state index contributed by atoms with van der Waals surface area (Å²) in [4.78, 5) is 10.5. The Morgan fingerprint density at radius 2 is 2.31 bits per heavy atom. The van der Waals surface area contributed by atoms with Gasteiger partial charge in [-0.2, -0.15) is 0 Å². The average Bonchev–Trinajstić information content (AvgIpc) is 2.23. The van der Waals surface area contributed by atoms with Gasteiger partial charge in [-0.25, -0.2) is 9.18 Å². The first-order chi connectivity index (χ1) is 7.47. The van der Waals surface area contributed by atoms with Crippen molar-refractivity contribution in [1.29, 1.82) is 0 Å². The van der Waals surface area contributed by atoms with Gasteiger partial charge in [-0.15, -0.1) is 0 Å². The molecule has 0 fully saturated rings. The van der Waals surface area contributed by atoms with E-state index >= 15 is 0 Å². The molecule has 1 aromatic rings. The summed E-state index contributed by atoms with van der Waals surface area (Å²) < 4.78 is 14.1. The molecule has 2 N–H and O–H groups in total. The van der Waals surface area contributed by atoms with Crippen LogP contribution in [-0.4, -0.2) is 11.2 Å². The van der Waals surface area contributed by atoms with E-state index in [1.165, 1.54) is 6.07 Å². The number of hydrogen-bond donors (Lipinski definition) is 2. The van der Waals surface area contributed by atoms with Crippen LogP contribution in [0, 0.1) is 9.39 Å². The van der Waals surface area contributed by atoms with Crippen molar-refractivity contribution < 1.29 is 14.3 Å². The topological polar surface area (TPSA) is 49.3 Å². The number of carbonyl (C=O) groups is 1. The van der Waals surface area contributed by atoms with Crippen LogP contribution in [0.3, 0.4) is 0 Å². The normalized spacial score (nSPS) is 12.2. The molecule has 1 atom stereocenters. The summed E-state index contributed by atoms with van der Waals surface area (Å²) in [7, 11) is 0. The van der Waals surface area contributed by atoms with Crippen molar-refractivity contribution in [3.8, 4) is 0 Å². The molecule has 0 aliphatic carbocycles. The van der Waals surface area contributed by atoms with E-state index in [1.54, 1.807) is 35.6 Å². The lowest BCUT2D eigenvalue weighted by atomic mass is 10.0. The Labute approximate surface area is 111 Å². The van der Waals surface area contributed by atoms with Crippen LogP contribution in [0.25, 0.3) is 0 Å². The Hall–Kier alpha value is -0.560. The van der Waals surface area contributed by atoms with Gasteiger partial charge in [0.2, 0.25) is 0 Å². The van der Waals surface area contributed by atoms with Crippen molar-refractivity contribution >= 4 is 40.3 Å². The molecule has 0 heterocycles. The predicted octanol–water partition coefficient (Wildman–Crippen LogP) is 3.80. The van der Waals surface area contributed by atoms with Crippen molar-refractivity contribution in [2.24, 2.45) is 0 Å². The molecular weight excluding hydrogens is 347 g/mol. The molecule has 0 radical (unpaired) electrons.